The first-order valence-electron chi connectivity index (χ1n) is 9.52. The Bertz CT molecular complexity index is 828. The lowest BCUT2D eigenvalue weighted by molar-refractivity contribution is 0.300. The minimum atomic E-state index is -0.237. The van der Waals surface area contributed by atoms with Crippen molar-refractivity contribution in [2.24, 2.45) is 0 Å². The van der Waals surface area contributed by atoms with Gasteiger partial charge in [0.1, 0.15) is 18.2 Å². The van der Waals surface area contributed by atoms with Gasteiger partial charge in [-0.2, -0.15) is 0 Å². The molecule has 3 rings (SSSR count). The SMILES string of the molecule is CCCCc1ccc(NCc2ccc(OCc3ccccc3F)cc2)cc1. The van der Waals surface area contributed by atoms with Gasteiger partial charge in [-0.1, -0.05) is 55.8 Å². The summed E-state index contributed by atoms with van der Waals surface area (Å²) in [6.07, 6.45) is 3.60. The Hall–Kier alpha value is -2.81. The predicted molar refractivity (Wildman–Crippen MR) is 110 cm³/mol. The van der Waals surface area contributed by atoms with Gasteiger partial charge in [-0.3, -0.25) is 0 Å². The maximum Gasteiger partial charge on any atom is 0.129 e. The van der Waals surface area contributed by atoms with Crippen molar-refractivity contribution >= 4 is 5.69 Å². The highest BCUT2D eigenvalue weighted by molar-refractivity contribution is 5.45. The highest BCUT2D eigenvalue weighted by atomic mass is 19.1. The van der Waals surface area contributed by atoms with E-state index < -0.39 is 0 Å². The summed E-state index contributed by atoms with van der Waals surface area (Å²) in [6, 6.07) is 23.2. The predicted octanol–water partition coefficient (Wildman–Crippen LogP) is 6.36. The van der Waals surface area contributed by atoms with Crippen molar-refractivity contribution < 1.29 is 9.13 Å². The number of hydrogen-bond acceptors (Lipinski definition) is 2. The fourth-order valence-corrected chi connectivity index (χ4v) is 2.85. The first-order valence-corrected chi connectivity index (χ1v) is 9.52. The van der Waals surface area contributed by atoms with Crippen LogP contribution in [0, 0.1) is 5.82 Å². The molecule has 0 atom stereocenters. The van der Waals surface area contributed by atoms with E-state index in [-0.39, 0.29) is 12.4 Å². The third-order valence-electron chi connectivity index (χ3n) is 4.55. The van der Waals surface area contributed by atoms with Crippen LogP contribution in [0.1, 0.15) is 36.5 Å². The Morgan fingerprint density at radius 2 is 1.56 bits per heavy atom. The van der Waals surface area contributed by atoms with Crippen molar-refractivity contribution in [2.75, 3.05) is 5.32 Å². The third-order valence-corrected chi connectivity index (χ3v) is 4.55. The molecule has 0 radical (unpaired) electrons. The maximum atomic E-state index is 13.6. The van der Waals surface area contributed by atoms with Crippen LogP contribution < -0.4 is 10.1 Å². The molecule has 0 spiro atoms. The minimum Gasteiger partial charge on any atom is -0.489 e. The molecule has 27 heavy (non-hydrogen) atoms. The van der Waals surface area contributed by atoms with E-state index in [4.69, 9.17) is 4.74 Å². The molecule has 0 bridgehead atoms. The fraction of sp³-hybridized carbons (Fsp3) is 0.250. The van der Waals surface area contributed by atoms with Gasteiger partial charge in [0.25, 0.3) is 0 Å². The monoisotopic (exact) mass is 363 g/mol. The Morgan fingerprint density at radius 3 is 2.26 bits per heavy atom. The summed E-state index contributed by atoms with van der Waals surface area (Å²) in [5.74, 6) is 0.501. The molecule has 0 aromatic heterocycles. The van der Waals surface area contributed by atoms with E-state index >= 15 is 0 Å². The van der Waals surface area contributed by atoms with E-state index in [1.54, 1.807) is 12.1 Å². The van der Waals surface area contributed by atoms with Crippen molar-refractivity contribution in [3.63, 3.8) is 0 Å². The average molecular weight is 363 g/mol. The highest BCUT2D eigenvalue weighted by Gasteiger charge is 2.02. The molecule has 0 fully saturated rings. The van der Waals surface area contributed by atoms with Crippen LogP contribution in [0.5, 0.6) is 5.75 Å². The second kappa shape index (κ2) is 9.77. The molecule has 0 heterocycles. The molecule has 0 amide bonds. The zero-order chi connectivity index (χ0) is 18.9. The number of hydrogen-bond donors (Lipinski definition) is 1. The van der Waals surface area contributed by atoms with Crippen LogP contribution >= 0.6 is 0 Å². The smallest absolute Gasteiger partial charge is 0.129 e. The molecule has 0 aliphatic heterocycles. The number of ether oxygens (including phenoxy) is 1. The van der Waals surface area contributed by atoms with Gasteiger partial charge in [-0.05, 0) is 54.3 Å². The number of halogens is 1. The van der Waals surface area contributed by atoms with Gasteiger partial charge in [0.15, 0.2) is 0 Å². The van der Waals surface area contributed by atoms with Crippen LogP contribution in [-0.2, 0) is 19.6 Å². The molecule has 2 nitrogen and oxygen atoms in total. The van der Waals surface area contributed by atoms with E-state index in [2.05, 4.69) is 36.5 Å². The molecule has 3 heteroatoms. The fourth-order valence-electron chi connectivity index (χ4n) is 2.85. The summed E-state index contributed by atoms with van der Waals surface area (Å²) in [5.41, 5.74) is 4.24. The van der Waals surface area contributed by atoms with Crippen molar-refractivity contribution in [3.05, 3.63) is 95.3 Å². The number of nitrogens with one attached hydrogen (secondary N) is 1. The summed E-state index contributed by atoms with van der Waals surface area (Å²) in [5, 5.41) is 3.44. The lowest BCUT2D eigenvalue weighted by atomic mass is 10.1. The lowest BCUT2D eigenvalue weighted by Gasteiger charge is -2.10. The van der Waals surface area contributed by atoms with Gasteiger partial charge in [0.2, 0.25) is 0 Å². The molecule has 0 saturated heterocycles. The van der Waals surface area contributed by atoms with Gasteiger partial charge >= 0.3 is 0 Å². The second-order valence-electron chi connectivity index (χ2n) is 6.68. The molecule has 3 aromatic rings. The normalized spacial score (nSPS) is 10.6. The lowest BCUT2D eigenvalue weighted by Crippen LogP contribution is -2.00. The Labute approximate surface area is 161 Å². The van der Waals surface area contributed by atoms with Crippen LogP contribution in [0.3, 0.4) is 0 Å². The molecule has 0 unspecified atom stereocenters. The number of benzene rings is 3. The standard InChI is InChI=1S/C24H26FNO/c1-2-3-6-19-9-13-22(14-10-19)26-17-20-11-15-23(16-12-20)27-18-21-7-4-5-8-24(21)25/h4-5,7-16,26H,2-3,6,17-18H2,1H3. The minimum absolute atomic E-state index is 0.231. The van der Waals surface area contributed by atoms with E-state index in [0.29, 0.717) is 5.56 Å². The molecule has 3 aromatic carbocycles. The van der Waals surface area contributed by atoms with Gasteiger partial charge < -0.3 is 10.1 Å². The number of aryl methyl sites for hydroxylation is 1. The summed E-state index contributed by atoms with van der Waals surface area (Å²) in [7, 11) is 0. The van der Waals surface area contributed by atoms with E-state index in [1.165, 1.54) is 30.0 Å². The summed E-state index contributed by atoms with van der Waals surface area (Å²) >= 11 is 0. The molecular formula is C24H26FNO. The zero-order valence-electron chi connectivity index (χ0n) is 15.7. The van der Waals surface area contributed by atoms with Crippen LogP contribution in [0.15, 0.2) is 72.8 Å². The van der Waals surface area contributed by atoms with Crippen LogP contribution in [0.2, 0.25) is 0 Å². The van der Waals surface area contributed by atoms with Gasteiger partial charge in [0, 0.05) is 17.8 Å². The molecule has 0 aliphatic rings. The summed E-state index contributed by atoms with van der Waals surface area (Å²) in [4.78, 5) is 0. The first-order chi connectivity index (χ1) is 13.2. The van der Waals surface area contributed by atoms with Crippen LogP contribution in [-0.4, -0.2) is 0 Å². The summed E-state index contributed by atoms with van der Waals surface area (Å²) < 4.78 is 19.3. The zero-order valence-corrected chi connectivity index (χ0v) is 15.7. The summed E-state index contributed by atoms with van der Waals surface area (Å²) in [6.45, 7) is 3.20. The average Bonchev–Trinajstić information content (AvgIpc) is 2.72. The highest BCUT2D eigenvalue weighted by Crippen LogP contribution is 2.17. The Morgan fingerprint density at radius 1 is 0.852 bits per heavy atom. The molecule has 1 N–H and O–H groups in total. The number of unbranched alkanes of at least 4 members (excludes halogenated alkanes) is 1. The number of rotatable bonds is 9. The van der Waals surface area contributed by atoms with Crippen LogP contribution in [0.25, 0.3) is 0 Å². The largest absolute Gasteiger partial charge is 0.489 e. The number of anilines is 1. The van der Waals surface area contributed by atoms with Gasteiger partial charge in [0.05, 0.1) is 0 Å². The van der Waals surface area contributed by atoms with Crippen molar-refractivity contribution in [3.8, 4) is 5.75 Å². The Balaban J connectivity index is 1.48. The van der Waals surface area contributed by atoms with Crippen molar-refractivity contribution in [2.45, 2.75) is 39.3 Å². The third kappa shape index (κ3) is 5.85. The maximum absolute atomic E-state index is 13.6. The quantitative estimate of drug-likeness (QED) is 0.478. The first kappa shape index (κ1) is 19.0. The molecular weight excluding hydrogens is 337 g/mol. The molecule has 0 aliphatic carbocycles. The van der Waals surface area contributed by atoms with E-state index in [9.17, 15) is 4.39 Å². The second-order valence-corrected chi connectivity index (χ2v) is 6.68. The van der Waals surface area contributed by atoms with Gasteiger partial charge in [-0.15, -0.1) is 0 Å². The topological polar surface area (TPSA) is 21.3 Å². The molecule has 0 saturated carbocycles. The van der Waals surface area contributed by atoms with Gasteiger partial charge in [-0.25, -0.2) is 4.39 Å². The Kier molecular flexibility index (Phi) is 6.86. The molecule has 140 valence electrons. The van der Waals surface area contributed by atoms with Crippen molar-refractivity contribution in [1.29, 1.82) is 0 Å². The van der Waals surface area contributed by atoms with E-state index in [1.807, 2.05) is 30.3 Å². The van der Waals surface area contributed by atoms with Crippen molar-refractivity contribution in [1.82, 2.24) is 0 Å². The van der Waals surface area contributed by atoms with Crippen LogP contribution in [0.4, 0.5) is 10.1 Å². The van der Waals surface area contributed by atoms with E-state index in [0.717, 1.165) is 24.4 Å².